The Morgan fingerprint density at radius 2 is 2.25 bits per heavy atom. The molecule has 0 aliphatic heterocycles. The van der Waals surface area contributed by atoms with Crippen molar-refractivity contribution < 1.29 is 18.3 Å². The molecule has 1 aromatic rings. The van der Waals surface area contributed by atoms with E-state index in [1.807, 2.05) is 0 Å². The Hall–Kier alpha value is -0.470. The summed E-state index contributed by atoms with van der Waals surface area (Å²) in [6.45, 7) is 2.21. The van der Waals surface area contributed by atoms with Gasteiger partial charge in [-0.05, 0) is 18.6 Å². The first-order valence-electron chi connectivity index (χ1n) is 4.70. The quantitative estimate of drug-likeness (QED) is 0.733. The van der Waals surface area contributed by atoms with Gasteiger partial charge in [0.25, 0.3) is 0 Å². The van der Waals surface area contributed by atoms with Crippen molar-refractivity contribution in [3.8, 4) is 0 Å². The zero-order valence-corrected chi connectivity index (χ0v) is 10.8. The van der Waals surface area contributed by atoms with Crippen LogP contribution in [0.2, 0.25) is 0 Å². The lowest BCUT2D eigenvalue weighted by Gasteiger charge is -2.03. The molecule has 7 heteroatoms. The molecule has 0 aliphatic carbocycles. The molecule has 0 saturated heterocycles. The monoisotopic (exact) mass is 265 g/mol. The lowest BCUT2D eigenvalue weighted by Crippen LogP contribution is -2.26. The molecule has 0 bridgehead atoms. The van der Waals surface area contributed by atoms with E-state index in [4.69, 9.17) is 9.84 Å². The van der Waals surface area contributed by atoms with Crippen LogP contribution < -0.4 is 4.72 Å². The maximum atomic E-state index is 11.8. The van der Waals surface area contributed by atoms with E-state index in [2.05, 4.69) is 4.72 Å². The van der Waals surface area contributed by atoms with Crippen molar-refractivity contribution >= 4 is 21.4 Å². The van der Waals surface area contributed by atoms with Crippen LogP contribution in [0.15, 0.2) is 10.3 Å². The Kier molecular flexibility index (Phi) is 4.88. The highest BCUT2D eigenvalue weighted by Crippen LogP contribution is 2.25. The molecule has 2 N–H and O–H groups in total. The number of aliphatic hydroxyl groups is 1. The van der Waals surface area contributed by atoms with Gasteiger partial charge in [0.05, 0.1) is 13.2 Å². The number of sulfonamides is 1. The highest BCUT2D eigenvalue weighted by atomic mass is 32.2. The largest absolute Gasteiger partial charge is 0.391 e. The Bertz CT molecular complexity index is 438. The van der Waals surface area contributed by atoms with Crippen LogP contribution in [-0.2, 0) is 21.4 Å². The topological polar surface area (TPSA) is 75.6 Å². The van der Waals surface area contributed by atoms with Gasteiger partial charge < -0.3 is 9.84 Å². The fourth-order valence-corrected chi connectivity index (χ4v) is 3.63. The van der Waals surface area contributed by atoms with E-state index in [0.29, 0.717) is 11.5 Å². The molecule has 0 fully saturated rings. The summed E-state index contributed by atoms with van der Waals surface area (Å²) >= 11 is 1.08. The van der Waals surface area contributed by atoms with Crippen molar-refractivity contribution in [1.29, 1.82) is 0 Å². The maximum Gasteiger partial charge on any atom is 0.250 e. The van der Waals surface area contributed by atoms with Gasteiger partial charge in [-0.1, -0.05) is 0 Å². The van der Waals surface area contributed by atoms with Crippen LogP contribution in [-0.4, -0.2) is 33.8 Å². The molecule has 0 unspecified atom stereocenters. The highest BCUT2D eigenvalue weighted by Gasteiger charge is 2.17. The van der Waals surface area contributed by atoms with Crippen molar-refractivity contribution in [2.75, 3.05) is 20.3 Å². The molecule has 0 saturated carbocycles. The SMILES string of the molecule is COCCNS(=O)(=O)c1cc(C)c(CO)s1. The van der Waals surface area contributed by atoms with Gasteiger partial charge in [0, 0.05) is 18.5 Å². The molecule has 0 spiro atoms. The first-order valence-corrected chi connectivity index (χ1v) is 7.00. The van der Waals surface area contributed by atoms with Crippen LogP contribution in [0.1, 0.15) is 10.4 Å². The number of hydrogen-bond donors (Lipinski definition) is 2. The average Bonchev–Trinajstić information content (AvgIpc) is 2.60. The number of thiophene rings is 1. The van der Waals surface area contributed by atoms with Crippen molar-refractivity contribution in [3.05, 3.63) is 16.5 Å². The van der Waals surface area contributed by atoms with Gasteiger partial charge in [-0.3, -0.25) is 0 Å². The van der Waals surface area contributed by atoms with Gasteiger partial charge in [0.15, 0.2) is 0 Å². The molecule has 1 heterocycles. The van der Waals surface area contributed by atoms with Crippen LogP contribution in [0.3, 0.4) is 0 Å². The van der Waals surface area contributed by atoms with Gasteiger partial charge in [-0.2, -0.15) is 0 Å². The summed E-state index contributed by atoms with van der Waals surface area (Å²) in [5.41, 5.74) is 0.791. The normalized spacial score (nSPS) is 11.9. The molecule has 0 aromatic carbocycles. The first-order chi connectivity index (χ1) is 7.51. The van der Waals surface area contributed by atoms with E-state index in [1.54, 1.807) is 13.0 Å². The smallest absolute Gasteiger partial charge is 0.250 e. The second kappa shape index (κ2) is 5.74. The van der Waals surface area contributed by atoms with E-state index < -0.39 is 10.0 Å². The molecule has 1 aromatic heterocycles. The predicted molar refractivity (Wildman–Crippen MR) is 62.0 cm³/mol. The van der Waals surface area contributed by atoms with Gasteiger partial charge >= 0.3 is 0 Å². The molecule has 0 aliphatic rings. The number of nitrogens with one attached hydrogen (secondary N) is 1. The molecule has 1 rings (SSSR count). The first kappa shape index (κ1) is 13.6. The number of aryl methyl sites for hydroxylation is 1. The summed E-state index contributed by atoms with van der Waals surface area (Å²) in [5.74, 6) is 0. The Morgan fingerprint density at radius 3 is 2.75 bits per heavy atom. The number of methoxy groups -OCH3 is 1. The van der Waals surface area contributed by atoms with Gasteiger partial charge in [0.2, 0.25) is 10.0 Å². The van der Waals surface area contributed by atoms with Crippen molar-refractivity contribution in [1.82, 2.24) is 4.72 Å². The summed E-state index contributed by atoms with van der Waals surface area (Å²) in [5, 5.41) is 8.99. The second-order valence-electron chi connectivity index (χ2n) is 3.22. The fraction of sp³-hybridized carbons (Fsp3) is 0.556. The third-order valence-electron chi connectivity index (χ3n) is 2.00. The third-order valence-corrected chi connectivity index (χ3v) is 5.16. The fourth-order valence-electron chi connectivity index (χ4n) is 1.13. The van der Waals surface area contributed by atoms with E-state index in [0.717, 1.165) is 16.9 Å². The molecule has 92 valence electrons. The van der Waals surface area contributed by atoms with Crippen LogP contribution in [0.5, 0.6) is 0 Å². The van der Waals surface area contributed by atoms with Gasteiger partial charge in [0.1, 0.15) is 4.21 Å². The summed E-state index contributed by atoms with van der Waals surface area (Å²) in [6, 6.07) is 1.56. The van der Waals surface area contributed by atoms with Crippen molar-refractivity contribution in [2.24, 2.45) is 0 Å². The second-order valence-corrected chi connectivity index (χ2v) is 6.35. The Morgan fingerprint density at radius 1 is 1.56 bits per heavy atom. The van der Waals surface area contributed by atoms with E-state index in [-0.39, 0.29) is 17.4 Å². The van der Waals surface area contributed by atoms with Crippen LogP contribution in [0.25, 0.3) is 0 Å². The lowest BCUT2D eigenvalue weighted by atomic mass is 10.3. The summed E-state index contributed by atoms with van der Waals surface area (Å²) in [4.78, 5) is 0.673. The minimum atomic E-state index is -3.47. The number of rotatable bonds is 6. The number of ether oxygens (including phenoxy) is 1. The predicted octanol–water partition coefficient (Wildman–Crippen LogP) is 0.474. The van der Waals surface area contributed by atoms with Crippen LogP contribution in [0, 0.1) is 6.92 Å². The average molecular weight is 265 g/mol. The standard InChI is InChI=1S/C9H15NO4S2/c1-7-5-9(15-8(7)6-11)16(12,13)10-3-4-14-2/h5,10-11H,3-4,6H2,1-2H3. The summed E-state index contributed by atoms with van der Waals surface area (Å²) in [6.07, 6.45) is 0. The zero-order chi connectivity index (χ0) is 12.2. The molecule has 16 heavy (non-hydrogen) atoms. The van der Waals surface area contributed by atoms with E-state index in [9.17, 15) is 8.42 Å². The third kappa shape index (κ3) is 3.26. The lowest BCUT2D eigenvalue weighted by molar-refractivity contribution is 0.204. The minimum absolute atomic E-state index is 0.135. The summed E-state index contributed by atoms with van der Waals surface area (Å²) < 4.78 is 30.9. The number of hydrogen-bond acceptors (Lipinski definition) is 5. The van der Waals surface area contributed by atoms with Crippen LogP contribution >= 0.6 is 11.3 Å². The Labute approximate surface area is 99.1 Å². The molecular weight excluding hydrogens is 250 g/mol. The van der Waals surface area contributed by atoms with Gasteiger partial charge in [-0.15, -0.1) is 11.3 Å². The molecule has 0 atom stereocenters. The molecule has 0 amide bonds. The molecule has 0 radical (unpaired) electrons. The maximum absolute atomic E-state index is 11.8. The minimum Gasteiger partial charge on any atom is -0.391 e. The van der Waals surface area contributed by atoms with Gasteiger partial charge in [-0.25, -0.2) is 13.1 Å². The van der Waals surface area contributed by atoms with E-state index in [1.165, 1.54) is 7.11 Å². The number of aliphatic hydroxyl groups excluding tert-OH is 1. The molecule has 5 nitrogen and oxygen atoms in total. The highest BCUT2D eigenvalue weighted by molar-refractivity contribution is 7.91. The zero-order valence-electron chi connectivity index (χ0n) is 9.19. The van der Waals surface area contributed by atoms with E-state index >= 15 is 0 Å². The van der Waals surface area contributed by atoms with Crippen LogP contribution in [0.4, 0.5) is 0 Å². The van der Waals surface area contributed by atoms with Crippen molar-refractivity contribution in [2.45, 2.75) is 17.7 Å². The Balaban J connectivity index is 2.81. The molecular formula is C9H15NO4S2. The summed E-state index contributed by atoms with van der Waals surface area (Å²) in [7, 11) is -1.96. The van der Waals surface area contributed by atoms with Crippen molar-refractivity contribution in [3.63, 3.8) is 0 Å².